The Morgan fingerprint density at radius 3 is 2.62 bits per heavy atom. The molecule has 24 heavy (non-hydrogen) atoms. The molecule has 0 unspecified atom stereocenters. The van der Waals surface area contributed by atoms with Gasteiger partial charge in [-0.15, -0.1) is 11.8 Å². The number of rotatable bonds is 6. The number of hydrogen-bond donors (Lipinski definition) is 1. The first-order chi connectivity index (χ1) is 11.7. The minimum Gasteiger partial charge on any atom is -0.360 e. The summed E-state index contributed by atoms with van der Waals surface area (Å²) in [5.41, 5.74) is 2.61. The Labute approximate surface area is 145 Å². The van der Waals surface area contributed by atoms with E-state index in [0.29, 0.717) is 17.9 Å². The van der Waals surface area contributed by atoms with Crippen molar-refractivity contribution in [3.8, 4) is 0 Å². The standard InChI is InChI=1S/C19H18N2O2S/c1-14-11-16(23-21-14)13-24-18-10-6-5-9-17(18)19(22)20-12-15-7-3-2-4-8-15/h2-11H,12-13H2,1H3,(H,20,22). The average molecular weight is 338 g/mol. The summed E-state index contributed by atoms with van der Waals surface area (Å²) in [4.78, 5) is 13.4. The number of nitrogens with zero attached hydrogens (tertiary/aromatic N) is 1. The first-order valence-electron chi connectivity index (χ1n) is 7.68. The highest BCUT2D eigenvalue weighted by molar-refractivity contribution is 7.98. The molecule has 0 saturated heterocycles. The molecule has 0 radical (unpaired) electrons. The molecule has 122 valence electrons. The van der Waals surface area contributed by atoms with E-state index in [4.69, 9.17) is 4.52 Å². The van der Waals surface area contributed by atoms with Crippen molar-refractivity contribution in [3.63, 3.8) is 0 Å². The van der Waals surface area contributed by atoms with Gasteiger partial charge in [-0.25, -0.2) is 0 Å². The molecular formula is C19H18N2O2S. The highest BCUT2D eigenvalue weighted by Gasteiger charge is 2.12. The third kappa shape index (κ3) is 4.26. The van der Waals surface area contributed by atoms with Crippen LogP contribution < -0.4 is 5.32 Å². The van der Waals surface area contributed by atoms with Crippen LogP contribution in [0.1, 0.15) is 27.4 Å². The number of aromatic nitrogens is 1. The minimum absolute atomic E-state index is 0.0734. The Kier molecular flexibility index (Phi) is 5.33. The summed E-state index contributed by atoms with van der Waals surface area (Å²) < 4.78 is 5.22. The number of benzene rings is 2. The molecular weight excluding hydrogens is 320 g/mol. The lowest BCUT2D eigenvalue weighted by Crippen LogP contribution is -2.23. The van der Waals surface area contributed by atoms with Crippen molar-refractivity contribution in [1.82, 2.24) is 10.5 Å². The van der Waals surface area contributed by atoms with Crippen LogP contribution >= 0.6 is 11.8 Å². The molecule has 0 saturated carbocycles. The van der Waals surface area contributed by atoms with E-state index in [1.54, 1.807) is 11.8 Å². The first kappa shape index (κ1) is 16.3. The number of carbonyl (C=O) groups is 1. The molecule has 0 atom stereocenters. The lowest BCUT2D eigenvalue weighted by atomic mass is 10.2. The largest absolute Gasteiger partial charge is 0.360 e. The van der Waals surface area contributed by atoms with Crippen molar-refractivity contribution < 1.29 is 9.32 Å². The van der Waals surface area contributed by atoms with Gasteiger partial charge >= 0.3 is 0 Å². The van der Waals surface area contributed by atoms with Crippen molar-refractivity contribution in [2.45, 2.75) is 24.1 Å². The van der Waals surface area contributed by atoms with Crippen LogP contribution in [-0.4, -0.2) is 11.1 Å². The smallest absolute Gasteiger partial charge is 0.252 e. The summed E-state index contributed by atoms with van der Waals surface area (Å²) in [6.45, 7) is 2.41. The van der Waals surface area contributed by atoms with E-state index in [0.717, 1.165) is 21.9 Å². The zero-order chi connectivity index (χ0) is 16.8. The van der Waals surface area contributed by atoms with Gasteiger partial charge in [-0.2, -0.15) is 0 Å². The van der Waals surface area contributed by atoms with Gasteiger partial charge in [0, 0.05) is 17.5 Å². The van der Waals surface area contributed by atoms with E-state index >= 15 is 0 Å². The van der Waals surface area contributed by atoms with Crippen molar-refractivity contribution in [2.75, 3.05) is 0 Å². The van der Waals surface area contributed by atoms with E-state index in [-0.39, 0.29) is 5.91 Å². The highest BCUT2D eigenvalue weighted by Crippen LogP contribution is 2.26. The number of carbonyl (C=O) groups excluding carboxylic acids is 1. The molecule has 0 fully saturated rings. The highest BCUT2D eigenvalue weighted by atomic mass is 32.2. The van der Waals surface area contributed by atoms with Gasteiger partial charge in [0.1, 0.15) is 5.76 Å². The van der Waals surface area contributed by atoms with Crippen LogP contribution in [0, 0.1) is 6.92 Å². The van der Waals surface area contributed by atoms with Gasteiger partial charge in [-0.3, -0.25) is 4.79 Å². The van der Waals surface area contributed by atoms with Gasteiger partial charge in [0.15, 0.2) is 0 Å². The summed E-state index contributed by atoms with van der Waals surface area (Å²) in [5, 5.41) is 6.85. The van der Waals surface area contributed by atoms with Gasteiger partial charge < -0.3 is 9.84 Å². The summed E-state index contributed by atoms with van der Waals surface area (Å²) in [6.07, 6.45) is 0. The number of thioether (sulfide) groups is 1. The van der Waals surface area contributed by atoms with Crippen molar-refractivity contribution in [3.05, 3.63) is 83.2 Å². The third-order valence-corrected chi connectivity index (χ3v) is 4.57. The van der Waals surface area contributed by atoms with E-state index < -0.39 is 0 Å². The van der Waals surface area contributed by atoms with E-state index in [9.17, 15) is 4.79 Å². The molecule has 3 aromatic rings. The molecule has 3 rings (SSSR count). The van der Waals surface area contributed by atoms with Crippen LogP contribution in [0.25, 0.3) is 0 Å². The Bertz CT molecular complexity index is 815. The van der Waals surface area contributed by atoms with Crippen molar-refractivity contribution in [1.29, 1.82) is 0 Å². The Balaban J connectivity index is 1.65. The Morgan fingerprint density at radius 2 is 1.88 bits per heavy atom. The molecule has 0 aliphatic heterocycles. The monoisotopic (exact) mass is 338 g/mol. The third-order valence-electron chi connectivity index (χ3n) is 3.47. The molecule has 4 nitrogen and oxygen atoms in total. The molecule has 1 N–H and O–H groups in total. The number of amides is 1. The molecule has 2 aromatic carbocycles. The second-order valence-electron chi connectivity index (χ2n) is 5.39. The van der Waals surface area contributed by atoms with E-state index in [2.05, 4.69) is 10.5 Å². The SMILES string of the molecule is Cc1cc(CSc2ccccc2C(=O)NCc2ccccc2)on1. The number of aryl methyl sites for hydroxylation is 1. The fraction of sp³-hybridized carbons (Fsp3) is 0.158. The maximum Gasteiger partial charge on any atom is 0.252 e. The van der Waals surface area contributed by atoms with Crippen LogP contribution in [0.4, 0.5) is 0 Å². The Hall–Kier alpha value is -2.53. The molecule has 1 amide bonds. The molecule has 0 aliphatic carbocycles. The predicted molar refractivity (Wildman–Crippen MR) is 94.9 cm³/mol. The van der Waals surface area contributed by atoms with Gasteiger partial charge in [0.25, 0.3) is 5.91 Å². The molecule has 0 aliphatic rings. The molecule has 1 heterocycles. The molecule has 1 aromatic heterocycles. The first-order valence-corrected chi connectivity index (χ1v) is 8.67. The molecule has 0 bridgehead atoms. The van der Waals surface area contributed by atoms with Crippen LogP contribution in [0.3, 0.4) is 0 Å². The summed E-state index contributed by atoms with van der Waals surface area (Å²) in [5.74, 6) is 1.37. The quantitative estimate of drug-likeness (QED) is 0.684. The minimum atomic E-state index is -0.0734. The fourth-order valence-corrected chi connectivity index (χ4v) is 3.21. The van der Waals surface area contributed by atoms with E-state index in [1.807, 2.05) is 67.6 Å². The van der Waals surface area contributed by atoms with E-state index in [1.165, 1.54) is 0 Å². The van der Waals surface area contributed by atoms with Crippen LogP contribution in [0.5, 0.6) is 0 Å². The van der Waals surface area contributed by atoms with Crippen molar-refractivity contribution >= 4 is 17.7 Å². The zero-order valence-corrected chi connectivity index (χ0v) is 14.2. The average Bonchev–Trinajstić information content (AvgIpc) is 3.04. The number of hydrogen-bond acceptors (Lipinski definition) is 4. The van der Waals surface area contributed by atoms with Crippen LogP contribution in [0.15, 0.2) is 70.1 Å². The summed E-state index contributed by atoms with van der Waals surface area (Å²) in [7, 11) is 0. The van der Waals surface area contributed by atoms with Gasteiger partial charge in [-0.1, -0.05) is 47.6 Å². The van der Waals surface area contributed by atoms with Crippen LogP contribution in [0.2, 0.25) is 0 Å². The van der Waals surface area contributed by atoms with Gasteiger partial charge in [0.2, 0.25) is 0 Å². The maximum absolute atomic E-state index is 12.5. The van der Waals surface area contributed by atoms with Gasteiger partial charge in [0.05, 0.1) is 17.0 Å². The fourth-order valence-electron chi connectivity index (χ4n) is 2.29. The predicted octanol–water partition coefficient (Wildman–Crippen LogP) is 4.21. The Morgan fingerprint density at radius 1 is 1.12 bits per heavy atom. The number of nitrogens with one attached hydrogen (secondary N) is 1. The lowest BCUT2D eigenvalue weighted by Gasteiger charge is -2.09. The molecule has 5 heteroatoms. The second-order valence-corrected chi connectivity index (χ2v) is 6.40. The van der Waals surface area contributed by atoms with Crippen molar-refractivity contribution in [2.24, 2.45) is 0 Å². The zero-order valence-electron chi connectivity index (χ0n) is 13.4. The second kappa shape index (κ2) is 7.84. The lowest BCUT2D eigenvalue weighted by molar-refractivity contribution is 0.0948. The van der Waals surface area contributed by atoms with Gasteiger partial charge in [-0.05, 0) is 24.6 Å². The molecule has 0 spiro atoms. The normalized spacial score (nSPS) is 10.5. The van der Waals surface area contributed by atoms with Crippen LogP contribution in [-0.2, 0) is 12.3 Å². The summed E-state index contributed by atoms with van der Waals surface area (Å²) >= 11 is 1.57. The summed E-state index contributed by atoms with van der Waals surface area (Å²) in [6, 6.07) is 19.4. The topological polar surface area (TPSA) is 55.1 Å². The maximum atomic E-state index is 12.5.